The highest BCUT2D eigenvalue weighted by molar-refractivity contribution is 9.10. The summed E-state index contributed by atoms with van der Waals surface area (Å²) in [7, 11) is 0. The molecule has 2 aromatic rings. The van der Waals surface area contributed by atoms with Crippen LogP contribution in [0.5, 0.6) is 0 Å². The minimum atomic E-state index is -1.28. The van der Waals surface area contributed by atoms with Crippen molar-refractivity contribution >= 4 is 27.5 Å². The second-order valence-corrected chi connectivity index (χ2v) is 6.05. The molecule has 4 heteroatoms. The van der Waals surface area contributed by atoms with E-state index in [1.165, 1.54) is 6.07 Å². The molecule has 1 atom stereocenters. The van der Waals surface area contributed by atoms with Gasteiger partial charge >= 0.3 is 0 Å². The highest BCUT2D eigenvalue weighted by Gasteiger charge is 2.27. The Balaban J connectivity index is 2.31. The molecular formula is C15H13BrClFO. The van der Waals surface area contributed by atoms with Gasteiger partial charge in [-0.15, -0.1) is 0 Å². The lowest BCUT2D eigenvalue weighted by atomic mass is 9.89. The predicted octanol–water partition coefficient (Wildman–Crippen LogP) is 4.69. The maximum absolute atomic E-state index is 13.8. The fourth-order valence-corrected chi connectivity index (χ4v) is 2.49. The number of rotatable bonds is 3. The minimum absolute atomic E-state index is 0.275. The van der Waals surface area contributed by atoms with Crippen molar-refractivity contribution in [3.05, 3.63) is 68.9 Å². The molecule has 0 spiro atoms. The number of hydrogen-bond donors (Lipinski definition) is 1. The SMILES string of the molecule is CC(O)(Cc1ccc(Cl)cc1)c1cc(Br)ccc1F. The molecule has 0 amide bonds. The molecule has 0 aromatic heterocycles. The first-order valence-corrected chi connectivity index (χ1v) is 6.98. The lowest BCUT2D eigenvalue weighted by Gasteiger charge is -2.25. The van der Waals surface area contributed by atoms with E-state index in [-0.39, 0.29) is 5.56 Å². The lowest BCUT2D eigenvalue weighted by Crippen LogP contribution is -2.25. The second-order valence-electron chi connectivity index (χ2n) is 4.70. The van der Waals surface area contributed by atoms with E-state index >= 15 is 0 Å². The molecule has 0 aliphatic rings. The molecule has 0 aliphatic heterocycles. The summed E-state index contributed by atoms with van der Waals surface area (Å²) in [5.41, 5.74) is -0.104. The smallest absolute Gasteiger partial charge is 0.129 e. The molecule has 1 N–H and O–H groups in total. The average molecular weight is 344 g/mol. The maximum atomic E-state index is 13.8. The lowest BCUT2D eigenvalue weighted by molar-refractivity contribution is 0.0537. The molecule has 0 fully saturated rings. The average Bonchev–Trinajstić information content (AvgIpc) is 2.35. The molecule has 0 radical (unpaired) electrons. The van der Waals surface area contributed by atoms with E-state index < -0.39 is 11.4 Å². The molecule has 1 unspecified atom stereocenters. The van der Waals surface area contributed by atoms with Crippen molar-refractivity contribution in [2.45, 2.75) is 18.9 Å². The summed E-state index contributed by atoms with van der Waals surface area (Å²) in [6.45, 7) is 1.60. The van der Waals surface area contributed by atoms with Crippen molar-refractivity contribution in [1.29, 1.82) is 0 Å². The third-order valence-electron chi connectivity index (χ3n) is 2.97. The van der Waals surface area contributed by atoms with E-state index in [4.69, 9.17) is 11.6 Å². The van der Waals surface area contributed by atoms with Gasteiger partial charge in [0.2, 0.25) is 0 Å². The Kier molecular flexibility index (Phi) is 4.29. The van der Waals surface area contributed by atoms with E-state index in [1.54, 1.807) is 31.2 Å². The van der Waals surface area contributed by atoms with Crippen LogP contribution in [-0.2, 0) is 12.0 Å². The van der Waals surface area contributed by atoms with Crippen LogP contribution >= 0.6 is 27.5 Å². The van der Waals surface area contributed by atoms with E-state index in [0.717, 1.165) is 10.0 Å². The van der Waals surface area contributed by atoms with Crippen LogP contribution in [0.25, 0.3) is 0 Å². The first-order valence-electron chi connectivity index (χ1n) is 5.81. The van der Waals surface area contributed by atoms with Gasteiger partial charge in [-0.1, -0.05) is 39.7 Å². The van der Waals surface area contributed by atoms with Crippen molar-refractivity contribution in [2.24, 2.45) is 0 Å². The Hall–Kier alpha value is -0.900. The Morgan fingerprint density at radius 2 is 1.84 bits per heavy atom. The van der Waals surface area contributed by atoms with Crippen LogP contribution in [0.1, 0.15) is 18.1 Å². The third kappa shape index (κ3) is 3.56. The summed E-state index contributed by atoms with van der Waals surface area (Å²) in [5, 5.41) is 11.2. The van der Waals surface area contributed by atoms with Gasteiger partial charge in [-0.05, 0) is 42.8 Å². The molecule has 1 nitrogen and oxygen atoms in total. The van der Waals surface area contributed by atoms with Crippen molar-refractivity contribution < 1.29 is 9.50 Å². The molecular weight excluding hydrogens is 331 g/mol. The Morgan fingerprint density at radius 3 is 2.47 bits per heavy atom. The quantitative estimate of drug-likeness (QED) is 0.857. The van der Waals surface area contributed by atoms with Gasteiger partial charge < -0.3 is 5.11 Å². The number of benzene rings is 2. The topological polar surface area (TPSA) is 20.2 Å². The Labute approximate surface area is 125 Å². The van der Waals surface area contributed by atoms with Gasteiger partial charge in [-0.2, -0.15) is 0 Å². The number of hydrogen-bond acceptors (Lipinski definition) is 1. The molecule has 19 heavy (non-hydrogen) atoms. The largest absolute Gasteiger partial charge is 0.385 e. The van der Waals surface area contributed by atoms with Crippen molar-refractivity contribution in [3.8, 4) is 0 Å². The van der Waals surface area contributed by atoms with Crippen molar-refractivity contribution in [2.75, 3.05) is 0 Å². The van der Waals surface area contributed by atoms with Crippen LogP contribution in [-0.4, -0.2) is 5.11 Å². The van der Waals surface area contributed by atoms with Gasteiger partial charge in [0.25, 0.3) is 0 Å². The molecule has 0 saturated carbocycles. The standard InChI is InChI=1S/C15H13BrClFO/c1-15(19,9-10-2-5-12(17)6-3-10)13-8-11(16)4-7-14(13)18/h2-8,19H,9H2,1H3. The molecule has 0 saturated heterocycles. The van der Waals surface area contributed by atoms with Crippen LogP contribution in [0.3, 0.4) is 0 Å². The first kappa shape index (κ1) is 14.5. The van der Waals surface area contributed by atoms with Gasteiger partial charge in [-0.3, -0.25) is 0 Å². The summed E-state index contributed by atoms with van der Waals surface area (Å²) >= 11 is 9.11. The highest BCUT2D eigenvalue weighted by Crippen LogP contribution is 2.30. The molecule has 2 aromatic carbocycles. The van der Waals surface area contributed by atoms with E-state index in [0.29, 0.717) is 11.4 Å². The summed E-state index contributed by atoms with van der Waals surface area (Å²) < 4.78 is 14.6. The van der Waals surface area contributed by atoms with Crippen molar-refractivity contribution in [1.82, 2.24) is 0 Å². The highest BCUT2D eigenvalue weighted by atomic mass is 79.9. The maximum Gasteiger partial charge on any atom is 0.129 e. The summed E-state index contributed by atoms with van der Waals surface area (Å²) in [6.07, 6.45) is 0.317. The summed E-state index contributed by atoms with van der Waals surface area (Å²) in [5.74, 6) is -0.415. The zero-order valence-electron chi connectivity index (χ0n) is 10.3. The fourth-order valence-electron chi connectivity index (χ4n) is 2.01. The molecule has 0 aliphatic carbocycles. The zero-order valence-corrected chi connectivity index (χ0v) is 12.7. The number of aliphatic hydroxyl groups is 1. The Bertz CT molecular complexity index is 581. The number of halogens is 3. The van der Waals surface area contributed by atoms with E-state index in [2.05, 4.69) is 15.9 Å². The van der Waals surface area contributed by atoms with Crippen LogP contribution < -0.4 is 0 Å². The van der Waals surface area contributed by atoms with Gasteiger partial charge in [-0.25, -0.2) is 4.39 Å². The first-order chi connectivity index (χ1) is 8.88. The summed E-state index contributed by atoms with van der Waals surface area (Å²) in [6, 6.07) is 11.7. The van der Waals surface area contributed by atoms with E-state index in [1.807, 2.05) is 12.1 Å². The monoisotopic (exact) mass is 342 g/mol. The van der Waals surface area contributed by atoms with E-state index in [9.17, 15) is 9.50 Å². The normalized spacial score (nSPS) is 14.2. The van der Waals surface area contributed by atoms with Crippen LogP contribution in [0.4, 0.5) is 4.39 Å². The molecule has 2 rings (SSSR count). The van der Waals surface area contributed by atoms with Gasteiger partial charge in [0.15, 0.2) is 0 Å². The van der Waals surface area contributed by atoms with Crippen molar-refractivity contribution in [3.63, 3.8) is 0 Å². The second kappa shape index (κ2) is 5.61. The minimum Gasteiger partial charge on any atom is -0.385 e. The van der Waals surface area contributed by atoms with Crippen LogP contribution in [0, 0.1) is 5.82 Å². The third-order valence-corrected chi connectivity index (χ3v) is 3.72. The van der Waals surface area contributed by atoms with Gasteiger partial charge in [0.1, 0.15) is 5.82 Å². The molecule has 0 bridgehead atoms. The summed E-state index contributed by atoms with van der Waals surface area (Å²) in [4.78, 5) is 0. The molecule has 100 valence electrons. The van der Waals surface area contributed by atoms with Gasteiger partial charge in [0, 0.05) is 21.5 Å². The predicted molar refractivity (Wildman–Crippen MR) is 78.8 cm³/mol. The molecule has 0 heterocycles. The Morgan fingerprint density at radius 1 is 1.21 bits per heavy atom. The van der Waals surface area contributed by atoms with Crippen LogP contribution in [0.2, 0.25) is 5.02 Å². The fraction of sp³-hybridized carbons (Fsp3) is 0.200. The zero-order chi connectivity index (χ0) is 14.0. The van der Waals surface area contributed by atoms with Gasteiger partial charge in [0.05, 0.1) is 5.60 Å². The van der Waals surface area contributed by atoms with Crippen LogP contribution in [0.15, 0.2) is 46.9 Å².